The zero-order valence-corrected chi connectivity index (χ0v) is 15.1. The lowest BCUT2D eigenvalue weighted by atomic mass is 9.94. The maximum atomic E-state index is 12.7. The van der Waals surface area contributed by atoms with Crippen LogP contribution in [-0.4, -0.2) is 49.9 Å². The van der Waals surface area contributed by atoms with Crippen LogP contribution in [0.4, 0.5) is 4.39 Å². The molecule has 8 nitrogen and oxygen atoms in total. The Morgan fingerprint density at radius 1 is 1.38 bits per heavy atom. The molecule has 0 aromatic carbocycles. The molecular formula is C16H23FN4O4S. The van der Waals surface area contributed by atoms with Gasteiger partial charge in [0.2, 0.25) is 21.8 Å². The molecule has 0 radical (unpaired) electrons. The van der Waals surface area contributed by atoms with E-state index in [9.17, 15) is 17.6 Å². The number of halogens is 1. The molecule has 0 saturated carbocycles. The Hall–Kier alpha value is -2.04. The van der Waals surface area contributed by atoms with Crippen molar-refractivity contribution in [3.63, 3.8) is 0 Å². The third-order valence-electron chi connectivity index (χ3n) is 4.23. The topological polar surface area (TPSA) is 129 Å². The molecule has 0 atom stereocenters. The number of aromatic nitrogens is 1. The summed E-state index contributed by atoms with van der Waals surface area (Å²) < 4.78 is 44.4. The lowest BCUT2D eigenvalue weighted by molar-refractivity contribution is -0.119. The van der Waals surface area contributed by atoms with E-state index in [-0.39, 0.29) is 47.7 Å². The van der Waals surface area contributed by atoms with Crippen molar-refractivity contribution in [2.75, 3.05) is 26.2 Å². The van der Waals surface area contributed by atoms with Crippen molar-refractivity contribution < 1.29 is 22.3 Å². The second-order valence-corrected chi connectivity index (χ2v) is 8.05. The van der Waals surface area contributed by atoms with Crippen LogP contribution < -0.4 is 16.2 Å². The van der Waals surface area contributed by atoms with Gasteiger partial charge < -0.3 is 16.2 Å². The first kappa shape index (κ1) is 20.3. The van der Waals surface area contributed by atoms with E-state index < -0.39 is 10.0 Å². The second kappa shape index (κ2) is 9.06. The summed E-state index contributed by atoms with van der Waals surface area (Å²) in [6.45, 7) is 0.632. The standard InChI is InChI=1S/C16H23FN4O4S/c17-8-13(9-18)11-25-16-2-1-14(10-20-16)26(23,24)21-5-3-12(4-6-21)7-15(19)22/h1-2,8,10,12H,3-7,9,11,18H2,(H2,19,22). The van der Waals surface area contributed by atoms with Gasteiger partial charge in [0.15, 0.2) is 0 Å². The Labute approximate surface area is 152 Å². The molecule has 26 heavy (non-hydrogen) atoms. The number of rotatable bonds is 8. The zero-order valence-electron chi connectivity index (χ0n) is 14.3. The number of sulfonamides is 1. The number of primary amides is 1. The van der Waals surface area contributed by atoms with Crippen LogP contribution in [0.15, 0.2) is 35.1 Å². The molecule has 1 aliphatic rings. The molecule has 0 spiro atoms. The molecular weight excluding hydrogens is 363 g/mol. The molecule has 0 bridgehead atoms. The second-order valence-electron chi connectivity index (χ2n) is 6.11. The summed E-state index contributed by atoms with van der Waals surface area (Å²) in [4.78, 5) is 15.0. The molecule has 1 fully saturated rings. The average molecular weight is 386 g/mol. The van der Waals surface area contributed by atoms with Gasteiger partial charge in [0.1, 0.15) is 11.5 Å². The zero-order chi connectivity index (χ0) is 19.2. The van der Waals surface area contributed by atoms with Gasteiger partial charge in [0.05, 0.1) is 12.5 Å². The average Bonchev–Trinajstić information content (AvgIpc) is 2.63. The Morgan fingerprint density at radius 3 is 2.58 bits per heavy atom. The normalized spacial score (nSPS) is 17.2. The lowest BCUT2D eigenvalue weighted by Gasteiger charge is -2.30. The summed E-state index contributed by atoms with van der Waals surface area (Å²) in [5.41, 5.74) is 10.8. The molecule has 0 unspecified atom stereocenters. The Bertz CT molecular complexity index is 744. The molecule has 4 N–H and O–H groups in total. The van der Waals surface area contributed by atoms with Gasteiger partial charge in [-0.05, 0) is 24.8 Å². The van der Waals surface area contributed by atoms with Crippen molar-refractivity contribution in [2.24, 2.45) is 17.4 Å². The van der Waals surface area contributed by atoms with Crippen LogP contribution in [0.25, 0.3) is 0 Å². The first-order valence-electron chi connectivity index (χ1n) is 8.22. The highest BCUT2D eigenvalue weighted by molar-refractivity contribution is 7.89. The molecule has 1 aromatic rings. The third kappa shape index (κ3) is 5.23. The summed E-state index contributed by atoms with van der Waals surface area (Å²) in [5, 5.41) is 0. The van der Waals surface area contributed by atoms with Crippen molar-refractivity contribution in [3.05, 3.63) is 30.2 Å². The van der Waals surface area contributed by atoms with Crippen molar-refractivity contribution in [3.8, 4) is 5.88 Å². The third-order valence-corrected chi connectivity index (χ3v) is 6.11. The number of ether oxygens (including phenoxy) is 1. The molecule has 1 aliphatic heterocycles. The van der Waals surface area contributed by atoms with Crippen molar-refractivity contribution in [1.82, 2.24) is 9.29 Å². The highest BCUT2D eigenvalue weighted by Gasteiger charge is 2.30. The number of carbonyl (C=O) groups excluding carboxylic acids is 1. The predicted octanol–water partition coefficient (Wildman–Crippen LogP) is 0.549. The number of amides is 1. The highest BCUT2D eigenvalue weighted by Crippen LogP contribution is 2.25. The van der Waals surface area contributed by atoms with Crippen LogP contribution in [0.5, 0.6) is 5.88 Å². The fraction of sp³-hybridized carbons (Fsp3) is 0.500. The first-order chi connectivity index (χ1) is 12.4. The number of hydrogen-bond donors (Lipinski definition) is 2. The van der Waals surface area contributed by atoms with E-state index in [0.29, 0.717) is 32.3 Å². The SMILES string of the molecule is NCC(=CF)COc1ccc(S(=O)(=O)N2CCC(CC(N)=O)CC2)cn1. The van der Waals surface area contributed by atoms with Gasteiger partial charge in [0.25, 0.3) is 0 Å². The van der Waals surface area contributed by atoms with Gasteiger partial charge in [-0.25, -0.2) is 17.8 Å². The van der Waals surface area contributed by atoms with E-state index in [2.05, 4.69) is 4.98 Å². The maximum absolute atomic E-state index is 12.7. The van der Waals surface area contributed by atoms with Gasteiger partial charge >= 0.3 is 0 Å². The molecule has 1 aromatic heterocycles. The lowest BCUT2D eigenvalue weighted by Crippen LogP contribution is -2.39. The minimum absolute atomic E-state index is 0.0225. The fourth-order valence-corrected chi connectivity index (χ4v) is 4.11. The summed E-state index contributed by atoms with van der Waals surface area (Å²) in [7, 11) is -3.66. The monoisotopic (exact) mass is 386 g/mol. The van der Waals surface area contributed by atoms with Gasteiger partial charge in [-0.2, -0.15) is 4.31 Å². The van der Waals surface area contributed by atoms with Gasteiger partial charge in [-0.3, -0.25) is 4.79 Å². The Balaban J connectivity index is 1.98. The molecule has 10 heteroatoms. The largest absolute Gasteiger partial charge is 0.473 e. The number of pyridine rings is 1. The van der Waals surface area contributed by atoms with E-state index in [1.165, 1.54) is 22.6 Å². The highest BCUT2D eigenvalue weighted by atomic mass is 32.2. The minimum Gasteiger partial charge on any atom is -0.473 e. The summed E-state index contributed by atoms with van der Waals surface area (Å²) in [6, 6.07) is 2.81. The Kier molecular flexibility index (Phi) is 7.06. The van der Waals surface area contributed by atoms with Crippen LogP contribution >= 0.6 is 0 Å². The van der Waals surface area contributed by atoms with Crippen LogP contribution in [0.1, 0.15) is 19.3 Å². The van der Waals surface area contributed by atoms with Crippen LogP contribution in [0.2, 0.25) is 0 Å². The molecule has 2 rings (SSSR count). The molecule has 0 aliphatic carbocycles. The number of piperidine rings is 1. The molecule has 144 valence electrons. The Morgan fingerprint density at radius 2 is 2.08 bits per heavy atom. The quantitative estimate of drug-likeness (QED) is 0.671. The van der Waals surface area contributed by atoms with Gasteiger partial charge in [0, 0.05) is 37.7 Å². The van der Waals surface area contributed by atoms with Crippen LogP contribution in [0, 0.1) is 5.92 Å². The number of nitrogens with two attached hydrogens (primary N) is 2. The van der Waals surface area contributed by atoms with Crippen LogP contribution in [0.3, 0.4) is 0 Å². The fourth-order valence-electron chi connectivity index (χ4n) is 2.69. The summed E-state index contributed by atoms with van der Waals surface area (Å²) in [6.07, 6.45) is 3.05. The van der Waals surface area contributed by atoms with E-state index in [1.54, 1.807) is 0 Å². The molecule has 2 heterocycles. The number of hydrogen-bond acceptors (Lipinski definition) is 6. The predicted molar refractivity (Wildman–Crippen MR) is 93.3 cm³/mol. The minimum atomic E-state index is -3.66. The number of nitrogens with zero attached hydrogens (tertiary/aromatic N) is 2. The van der Waals surface area contributed by atoms with E-state index in [0.717, 1.165) is 0 Å². The van der Waals surface area contributed by atoms with E-state index in [4.69, 9.17) is 16.2 Å². The maximum Gasteiger partial charge on any atom is 0.244 e. The first-order valence-corrected chi connectivity index (χ1v) is 9.66. The summed E-state index contributed by atoms with van der Waals surface area (Å²) >= 11 is 0. The molecule has 1 saturated heterocycles. The van der Waals surface area contributed by atoms with Gasteiger partial charge in [-0.15, -0.1) is 0 Å². The smallest absolute Gasteiger partial charge is 0.244 e. The summed E-state index contributed by atoms with van der Waals surface area (Å²) in [5.74, 6) is -0.0726. The van der Waals surface area contributed by atoms with Crippen molar-refractivity contribution in [1.29, 1.82) is 0 Å². The van der Waals surface area contributed by atoms with Gasteiger partial charge in [-0.1, -0.05) is 0 Å². The van der Waals surface area contributed by atoms with Crippen LogP contribution in [-0.2, 0) is 14.8 Å². The molecule has 1 amide bonds. The van der Waals surface area contributed by atoms with E-state index >= 15 is 0 Å². The van der Waals surface area contributed by atoms with E-state index in [1.807, 2.05) is 0 Å². The van der Waals surface area contributed by atoms with Crippen molar-refractivity contribution in [2.45, 2.75) is 24.2 Å². The van der Waals surface area contributed by atoms with Crippen molar-refractivity contribution >= 4 is 15.9 Å². The number of carbonyl (C=O) groups is 1.